The molecule has 0 aliphatic carbocycles. The fraction of sp³-hybridized carbons (Fsp3) is 0.625. The smallest absolute Gasteiger partial charge is 0.325 e. The summed E-state index contributed by atoms with van der Waals surface area (Å²) in [4.78, 5) is 20.2. The fourth-order valence-corrected chi connectivity index (χ4v) is 2.07. The van der Waals surface area contributed by atoms with Crippen molar-refractivity contribution in [1.82, 2.24) is 15.2 Å². The molecule has 1 atom stereocenters. The molecule has 2 amide bonds. The van der Waals surface area contributed by atoms with Gasteiger partial charge in [-0.1, -0.05) is 6.92 Å². The molecule has 21 heavy (non-hydrogen) atoms. The van der Waals surface area contributed by atoms with Crippen molar-refractivity contribution >= 4 is 11.8 Å². The van der Waals surface area contributed by atoms with Gasteiger partial charge in [0.25, 0.3) is 0 Å². The van der Waals surface area contributed by atoms with Gasteiger partial charge in [0, 0.05) is 38.9 Å². The lowest BCUT2D eigenvalue weighted by Gasteiger charge is -2.26. The molecule has 0 saturated heterocycles. The second kappa shape index (κ2) is 7.98. The molecule has 1 aromatic heterocycles. The molecular formula is C16H28N4O. The van der Waals surface area contributed by atoms with Gasteiger partial charge in [0.2, 0.25) is 0 Å². The molecule has 0 spiro atoms. The first-order valence-corrected chi connectivity index (χ1v) is 7.52. The first kappa shape index (κ1) is 17.4. The van der Waals surface area contributed by atoms with Crippen LogP contribution in [0.1, 0.15) is 31.5 Å². The topological polar surface area (TPSA) is 48.5 Å². The van der Waals surface area contributed by atoms with Crippen molar-refractivity contribution in [3.63, 3.8) is 0 Å². The molecule has 1 rings (SSSR count). The zero-order chi connectivity index (χ0) is 16.0. The first-order chi connectivity index (χ1) is 9.85. The summed E-state index contributed by atoms with van der Waals surface area (Å²) in [5, 5.41) is 3.42. The minimum Gasteiger partial charge on any atom is -0.330 e. The summed E-state index contributed by atoms with van der Waals surface area (Å²) in [5.74, 6) is 0.720. The summed E-state index contributed by atoms with van der Waals surface area (Å²) < 4.78 is 0. The number of anilines is 1. The van der Waals surface area contributed by atoms with E-state index in [2.05, 4.69) is 24.1 Å². The lowest BCUT2D eigenvalue weighted by Crippen LogP contribution is -2.44. The van der Waals surface area contributed by atoms with Crippen LogP contribution in [0.4, 0.5) is 10.6 Å². The van der Waals surface area contributed by atoms with Gasteiger partial charge >= 0.3 is 6.03 Å². The number of hydrogen-bond donors (Lipinski definition) is 1. The number of amides is 2. The molecule has 1 heterocycles. The predicted molar refractivity (Wildman–Crippen MR) is 87.9 cm³/mol. The quantitative estimate of drug-likeness (QED) is 0.876. The first-order valence-electron chi connectivity index (χ1n) is 7.52. The Bertz CT molecular complexity index is 453. The van der Waals surface area contributed by atoms with Crippen LogP contribution >= 0.6 is 0 Å². The molecule has 0 aliphatic rings. The van der Waals surface area contributed by atoms with Crippen molar-refractivity contribution in [2.75, 3.05) is 32.1 Å². The summed E-state index contributed by atoms with van der Waals surface area (Å²) in [7, 11) is 3.53. The maximum Gasteiger partial charge on any atom is 0.325 e. The Balaban J connectivity index is 2.89. The Morgan fingerprint density at radius 3 is 2.52 bits per heavy atom. The summed E-state index contributed by atoms with van der Waals surface area (Å²) in [6, 6.07) is 4.38. The van der Waals surface area contributed by atoms with Gasteiger partial charge in [-0.25, -0.2) is 9.78 Å². The third-order valence-corrected chi connectivity index (χ3v) is 3.41. The number of urea groups is 1. The van der Waals surface area contributed by atoms with E-state index in [1.54, 1.807) is 23.9 Å². The maximum atomic E-state index is 12.4. The molecular weight excluding hydrogens is 264 g/mol. The summed E-state index contributed by atoms with van der Waals surface area (Å²) in [5.41, 5.74) is 2.04. The van der Waals surface area contributed by atoms with Gasteiger partial charge in [-0.05, 0) is 44.9 Å². The monoisotopic (exact) mass is 292 g/mol. The Morgan fingerprint density at radius 1 is 1.33 bits per heavy atom. The van der Waals surface area contributed by atoms with Crippen LogP contribution in [0.3, 0.4) is 0 Å². The van der Waals surface area contributed by atoms with E-state index in [0.717, 1.165) is 30.0 Å². The average Bonchev–Trinajstić information content (AvgIpc) is 2.41. The van der Waals surface area contributed by atoms with Crippen LogP contribution in [0, 0.1) is 13.8 Å². The Kier molecular flexibility index (Phi) is 6.62. The van der Waals surface area contributed by atoms with Crippen LogP contribution in [0.25, 0.3) is 0 Å². The lowest BCUT2D eigenvalue weighted by atomic mass is 10.2. The van der Waals surface area contributed by atoms with Gasteiger partial charge in [-0.3, -0.25) is 4.90 Å². The van der Waals surface area contributed by atoms with Gasteiger partial charge < -0.3 is 10.2 Å². The van der Waals surface area contributed by atoms with Crippen LogP contribution < -0.4 is 10.2 Å². The molecule has 5 nitrogen and oxygen atoms in total. The van der Waals surface area contributed by atoms with E-state index in [0.29, 0.717) is 12.6 Å². The summed E-state index contributed by atoms with van der Waals surface area (Å²) in [6.07, 6.45) is 1.07. The second-order valence-corrected chi connectivity index (χ2v) is 5.74. The predicted octanol–water partition coefficient (Wildman–Crippen LogP) is 2.57. The Morgan fingerprint density at radius 2 is 2.00 bits per heavy atom. The molecule has 0 bridgehead atoms. The normalized spacial score (nSPS) is 12.1. The fourth-order valence-electron chi connectivity index (χ4n) is 2.07. The highest BCUT2D eigenvalue weighted by atomic mass is 16.2. The number of aromatic nitrogens is 1. The molecule has 1 N–H and O–H groups in total. The maximum absolute atomic E-state index is 12.4. The number of nitrogens with zero attached hydrogens (tertiary/aromatic N) is 3. The number of carbonyl (C=O) groups is 1. The molecule has 0 radical (unpaired) electrons. The van der Waals surface area contributed by atoms with E-state index in [1.165, 1.54) is 0 Å². The van der Waals surface area contributed by atoms with Gasteiger partial charge in [0.1, 0.15) is 5.82 Å². The van der Waals surface area contributed by atoms with Crippen LogP contribution in [0.5, 0.6) is 0 Å². The molecule has 0 saturated carbocycles. The van der Waals surface area contributed by atoms with E-state index in [9.17, 15) is 4.79 Å². The van der Waals surface area contributed by atoms with Crippen molar-refractivity contribution in [2.45, 2.75) is 40.2 Å². The van der Waals surface area contributed by atoms with Crippen molar-refractivity contribution in [2.24, 2.45) is 0 Å². The Labute approximate surface area is 128 Å². The summed E-state index contributed by atoms with van der Waals surface area (Å²) in [6.45, 7) is 9.62. The highest BCUT2D eigenvalue weighted by Crippen LogP contribution is 2.15. The van der Waals surface area contributed by atoms with E-state index in [-0.39, 0.29) is 6.03 Å². The summed E-state index contributed by atoms with van der Waals surface area (Å²) >= 11 is 0. The molecule has 0 fully saturated rings. The van der Waals surface area contributed by atoms with E-state index in [1.807, 2.05) is 26.0 Å². The SMILES string of the molecule is CCC(C)NCCN(C(=O)N(C)C)c1cc(C)cc(C)n1. The second-order valence-electron chi connectivity index (χ2n) is 5.74. The van der Waals surface area contributed by atoms with Crippen molar-refractivity contribution < 1.29 is 4.79 Å². The number of rotatable bonds is 6. The van der Waals surface area contributed by atoms with Gasteiger partial charge in [0.15, 0.2) is 0 Å². The number of carbonyl (C=O) groups excluding carboxylic acids is 1. The molecule has 5 heteroatoms. The van der Waals surface area contributed by atoms with Gasteiger partial charge in [-0.2, -0.15) is 0 Å². The van der Waals surface area contributed by atoms with Crippen molar-refractivity contribution in [1.29, 1.82) is 0 Å². The van der Waals surface area contributed by atoms with E-state index >= 15 is 0 Å². The molecule has 1 unspecified atom stereocenters. The lowest BCUT2D eigenvalue weighted by molar-refractivity contribution is 0.223. The zero-order valence-corrected chi connectivity index (χ0v) is 14.1. The minimum absolute atomic E-state index is 0.0431. The van der Waals surface area contributed by atoms with Crippen molar-refractivity contribution in [3.8, 4) is 0 Å². The largest absolute Gasteiger partial charge is 0.330 e. The Hall–Kier alpha value is -1.62. The highest BCUT2D eigenvalue weighted by Gasteiger charge is 2.19. The van der Waals surface area contributed by atoms with E-state index < -0.39 is 0 Å². The molecule has 1 aromatic rings. The van der Waals surface area contributed by atoms with Crippen molar-refractivity contribution in [3.05, 3.63) is 23.4 Å². The highest BCUT2D eigenvalue weighted by molar-refractivity contribution is 5.90. The van der Waals surface area contributed by atoms with Crippen LogP contribution in [0.15, 0.2) is 12.1 Å². The van der Waals surface area contributed by atoms with Crippen LogP contribution in [0.2, 0.25) is 0 Å². The third kappa shape index (κ3) is 5.34. The number of pyridine rings is 1. The molecule has 0 aliphatic heterocycles. The van der Waals surface area contributed by atoms with Gasteiger partial charge in [-0.15, -0.1) is 0 Å². The molecule has 118 valence electrons. The molecule has 0 aromatic carbocycles. The standard InChI is InChI=1S/C16H28N4O/c1-7-13(3)17-8-9-20(16(21)19(5)6)15-11-12(2)10-14(4)18-15/h10-11,13,17H,7-9H2,1-6H3. The number of aryl methyl sites for hydroxylation is 2. The number of nitrogens with one attached hydrogen (secondary N) is 1. The minimum atomic E-state index is -0.0431. The average molecular weight is 292 g/mol. The van der Waals surface area contributed by atoms with Crippen LogP contribution in [-0.2, 0) is 0 Å². The van der Waals surface area contributed by atoms with E-state index in [4.69, 9.17) is 0 Å². The zero-order valence-electron chi connectivity index (χ0n) is 14.1. The van der Waals surface area contributed by atoms with Crippen LogP contribution in [-0.4, -0.2) is 49.1 Å². The number of hydrogen-bond acceptors (Lipinski definition) is 3. The third-order valence-electron chi connectivity index (χ3n) is 3.41. The van der Waals surface area contributed by atoms with Gasteiger partial charge in [0.05, 0.1) is 0 Å².